The number of hydrogen-bond acceptors (Lipinski definition) is 2. The summed E-state index contributed by atoms with van der Waals surface area (Å²) in [5, 5.41) is 3.05. The van der Waals surface area contributed by atoms with E-state index < -0.39 is 0 Å². The van der Waals surface area contributed by atoms with Gasteiger partial charge in [-0.15, -0.1) is 0 Å². The lowest BCUT2D eigenvalue weighted by molar-refractivity contribution is -0.122. The lowest BCUT2D eigenvalue weighted by atomic mass is 9.97. The zero-order chi connectivity index (χ0) is 17.4. The summed E-state index contributed by atoms with van der Waals surface area (Å²) in [7, 11) is 0. The molecule has 0 aromatic heterocycles. The van der Waals surface area contributed by atoms with E-state index in [1.54, 1.807) is 0 Å². The molecule has 0 aliphatic heterocycles. The van der Waals surface area contributed by atoms with E-state index in [0.717, 1.165) is 25.2 Å². The molecule has 1 atom stereocenters. The molecule has 1 N–H and O–H groups in total. The van der Waals surface area contributed by atoms with Gasteiger partial charge in [-0.1, -0.05) is 68.4 Å². The van der Waals surface area contributed by atoms with E-state index in [0.29, 0.717) is 6.54 Å². The molecule has 2 aromatic carbocycles. The first kappa shape index (κ1) is 18.2. The molecule has 2 rings (SSSR count). The fourth-order valence-corrected chi connectivity index (χ4v) is 2.78. The molecule has 0 saturated carbocycles. The number of carbonyl (C=O) groups is 1. The molecule has 3 heteroatoms. The van der Waals surface area contributed by atoms with Gasteiger partial charge in [0.05, 0.1) is 5.92 Å². The van der Waals surface area contributed by atoms with Gasteiger partial charge in [-0.05, 0) is 36.7 Å². The molecule has 0 spiro atoms. The van der Waals surface area contributed by atoms with Crippen molar-refractivity contribution in [1.82, 2.24) is 10.2 Å². The average Bonchev–Trinajstić information content (AvgIpc) is 2.65. The van der Waals surface area contributed by atoms with E-state index in [1.165, 1.54) is 11.1 Å². The third kappa shape index (κ3) is 4.93. The summed E-state index contributed by atoms with van der Waals surface area (Å²) in [6, 6.07) is 18.6. The highest BCUT2D eigenvalue weighted by molar-refractivity contribution is 5.83. The second-order valence-corrected chi connectivity index (χ2v) is 6.03. The van der Waals surface area contributed by atoms with Crippen LogP contribution in [0.2, 0.25) is 0 Å². The zero-order valence-corrected chi connectivity index (χ0v) is 15.0. The molecule has 0 radical (unpaired) electrons. The molecule has 3 nitrogen and oxygen atoms in total. The minimum absolute atomic E-state index is 0.0922. The molecule has 0 aliphatic rings. The zero-order valence-electron chi connectivity index (χ0n) is 15.0. The Morgan fingerprint density at radius 1 is 0.958 bits per heavy atom. The van der Waals surface area contributed by atoms with Crippen LogP contribution in [0, 0.1) is 0 Å². The van der Waals surface area contributed by atoms with Crippen LogP contribution in [0.3, 0.4) is 0 Å². The Hall–Kier alpha value is -2.13. The second-order valence-electron chi connectivity index (χ2n) is 6.03. The Bertz CT molecular complexity index is 618. The van der Waals surface area contributed by atoms with Crippen LogP contribution in [-0.2, 0) is 4.79 Å². The number of benzene rings is 2. The SMILES string of the molecule is CCN(CC)CCNC(=O)[C@@H](C)c1ccc(-c2ccccc2)cc1. The Labute approximate surface area is 145 Å². The van der Waals surface area contributed by atoms with Crippen LogP contribution in [0.5, 0.6) is 0 Å². The molecule has 0 bridgehead atoms. The van der Waals surface area contributed by atoms with Crippen molar-refractivity contribution in [1.29, 1.82) is 0 Å². The van der Waals surface area contributed by atoms with Gasteiger partial charge < -0.3 is 10.2 Å². The molecule has 24 heavy (non-hydrogen) atoms. The van der Waals surface area contributed by atoms with Crippen LogP contribution in [0.25, 0.3) is 11.1 Å². The molecular weight excluding hydrogens is 296 g/mol. The summed E-state index contributed by atoms with van der Waals surface area (Å²) in [4.78, 5) is 14.6. The lowest BCUT2D eigenvalue weighted by Crippen LogP contribution is -2.36. The lowest BCUT2D eigenvalue weighted by Gasteiger charge is -2.19. The molecule has 0 fully saturated rings. The predicted molar refractivity (Wildman–Crippen MR) is 101 cm³/mol. The van der Waals surface area contributed by atoms with Gasteiger partial charge in [0.2, 0.25) is 5.91 Å². The molecule has 0 saturated heterocycles. The van der Waals surface area contributed by atoms with Crippen LogP contribution in [0.4, 0.5) is 0 Å². The van der Waals surface area contributed by atoms with Crippen LogP contribution in [0.1, 0.15) is 32.3 Å². The normalized spacial score (nSPS) is 12.2. The minimum atomic E-state index is -0.133. The fourth-order valence-electron chi connectivity index (χ4n) is 2.78. The standard InChI is InChI=1S/C21H28N2O/c1-4-23(5-2)16-15-22-21(24)17(3)18-11-13-20(14-12-18)19-9-7-6-8-10-19/h6-14,17H,4-5,15-16H2,1-3H3,(H,22,24)/t17-/m0/s1. The smallest absolute Gasteiger partial charge is 0.227 e. The highest BCUT2D eigenvalue weighted by atomic mass is 16.1. The maximum Gasteiger partial charge on any atom is 0.227 e. The molecule has 1 amide bonds. The summed E-state index contributed by atoms with van der Waals surface area (Å²) in [6.07, 6.45) is 0. The number of rotatable bonds is 8. The first-order valence-corrected chi connectivity index (χ1v) is 8.81. The molecule has 128 valence electrons. The van der Waals surface area contributed by atoms with Crippen molar-refractivity contribution in [3.8, 4) is 11.1 Å². The maximum atomic E-state index is 12.3. The van der Waals surface area contributed by atoms with E-state index in [2.05, 4.69) is 60.5 Å². The molecular formula is C21H28N2O. The third-order valence-electron chi connectivity index (χ3n) is 4.53. The van der Waals surface area contributed by atoms with Crippen molar-refractivity contribution in [3.63, 3.8) is 0 Å². The van der Waals surface area contributed by atoms with E-state index in [4.69, 9.17) is 0 Å². The highest BCUT2D eigenvalue weighted by Gasteiger charge is 2.15. The topological polar surface area (TPSA) is 32.3 Å². The van der Waals surface area contributed by atoms with Crippen LogP contribution >= 0.6 is 0 Å². The van der Waals surface area contributed by atoms with Crippen LogP contribution < -0.4 is 5.32 Å². The summed E-state index contributed by atoms with van der Waals surface area (Å²) < 4.78 is 0. The summed E-state index contributed by atoms with van der Waals surface area (Å²) in [5.74, 6) is -0.0406. The number of hydrogen-bond donors (Lipinski definition) is 1. The summed E-state index contributed by atoms with van der Waals surface area (Å²) >= 11 is 0. The summed E-state index contributed by atoms with van der Waals surface area (Å²) in [5.41, 5.74) is 3.42. The highest BCUT2D eigenvalue weighted by Crippen LogP contribution is 2.22. The Balaban J connectivity index is 1.92. The Kier molecular flexibility index (Phi) is 7.01. The summed E-state index contributed by atoms with van der Waals surface area (Å²) in [6.45, 7) is 9.88. The first-order chi connectivity index (χ1) is 11.7. The number of nitrogens with one attached hydrogen (secondary N) is 1. The first-order valence-electron chi connectivity index (χ1n) is 8.81. The van der Waals surface area contributed by atoms with Gasteiger partial charge in [0.15, 0.2) is 0 Å². The van der Waals surface area contributed by atoms with Crippen molar-refractivity contribution in [3.05, 3.63) is 60.2 Å². The van der Waals surface area contributed by atoms with Gasteiger partial charge in [0, 0.05) is 13.1 Å². The molecule has 0 aliphatic carbocycles. The molecule has 0 unspecified atom stereocenters. The van der Waals surface area contributed by atoms with Crippen molar-refractivity contribution < 1.29 is 4.79 Å². The quantitative estimate of drug-likeness (QED) is 0.798. The monoisotopic (exact) mass is 324 g/mol. The van der Waals surface area contributed by atoms with Crippen molar-refractivity contribution >= 4 is 5.91 Å². The Morgan fingerprint density at radius 3 is 2.12 bits per heavy atom. The minimum Gasteiger partial charge on any atom is -0.354 e. The van der Waals surface area contributed by atoms with Gasteiger partial charge in [0.1, 0.15) is 0 Å². The third-order valence-corrected chi connectivity index (χ3v) is 4.53. The second kappa shape index (κ2) is 9.24. The van der Waals surface area contributed by atoms with Gasteiger partial charge in [-0.2, -0.15) is 0 Å². The van der Waals surface area contributed by atoms with Gasteiger partial charge in [0.25, 0.3) is 0 Å². The van der Waals surface area contributed by atoms with Crippen molar-refractivity contribution in [2.45, 2.75) is 26.7 Å². The van der Waals surface area contributed by atoms with Gasteiger partial charge in [-0.3, -0.25) is 4.79 Å². The van der Waals surface area contributed by atoms with E-state index >= 15 is 0 Å². The van der Waals surface area contributed by atoms with E-state index in [9.17, 15) is 4.79 Å². The fraction of sp³-hybridized carbons (Fsp3) is 0.381. The van der Waals surface area contributed by atoms with E-state index in [1.807, 2.05) is 25.1 Å². The number of nitrogens with zero attached hydrogens (tertiary/aromatic N) is 1. The van der Waals surface area contributed by atoms with Gasteiger partial charge >= 0.3 is 0 Å². The maximum absolute atomic E-state index is 12.3. The number of amides is 1. The van der Waals surface area contributed by atoms with Crippen LogP contribution in [-0.4, -0.2) is 37.0 Å². The van der Waals surface area contributed by atoms with E-state index in [-0.39, 0.29) is 11.8 Å². The van der Waals surface area contributed by atoms with Gasteiger partial charge in [-0.25, -0.2) is 0 Å². The van der Waals surface area contributed by atoms with Crippen molar-refractivity contribution in [2.75, 3.05) is 26.2 Å². The predicted octanol–water partition coefficient (Wildman–Crippen LogP) is 3.92. The molecule has 0 heterocycles. The van der Waals surface area contributed by atoms with Crippen LogP contribution in [0.15, 0.2) is 54.6 Å². The number of likely N-dealkylation sites (N-methyl/N-ethyl adjacent to an activating group) is 1. The Morgan fingerprint density at radius 2 is 1.54 bits per heavy atom. The molecule has 2 aromatic rings. The number of carbonyl (C=O) groups excluding carboxylic acids is 1. The van der Waals surface area contributed by atoms with Crippen molar-refractivity contribution in [2.24, 2.45) is 0 Å². The average molecular weight is 324 g/mol. The largest absolute Gasteiger partial charge is 0.354 e.